The lowest BCUT2D eigenvalue weighted by atomic mass is 9.80. The van der Waals surface area contributed by atoms with Crippen LogP contribution in [0.1, 0.15) is 31.2 Å². The lowest BCUT2D eigenvalue weighted by molar-refractivity contribution is -0.116. The molecule has 1 nitrogen and oxygen atoms in total. The van der Waals surface area contributed by atoms with E-state index in [4.69, 9.17) is 11.6 Å². The van der Waals surface area contributed by atoms with Gasteiger partial charge in [0.1, 0.15) is 5.82 Å². The van der Waals surface area contributed by atoms with Crippen molar-refractivity contribution in [1.82, 2.24) is 0 Å². The van der Waals surface area contributed by atoms with Crippen LogP contribution in [-0.4, -0.2) is 5.24 Å². The van der Waals surface area contributed by atoms with Gasteiger partial charge in [0, 0.05) is 0 Å². The summed E-state index contributed by atoms with van der Waals surface area (Å²) in [5.74, 6) is -0.309. The number of hydrogen-bond acceptors (Lipinski definition) is 1. The van der Waals surface area contributed by atoms with Gasteiger partial charge in [0.25, 0.3) is 0 Å². The summed E-state index contributed by atoms with van der Waals surface area (Å²) in [5.41, 5.74) is 0.0870. The Morgan fingerprint density at radius 2 is 2.00 bits per heavy atom. The van der Waals surface area contributed by atoms with E-state index in [0.717, 1.165) is 31.2 Å². The van der Waals surface area contributed by atoms with Gasteiger partial charge >= 0.3 is 0 Å². The summed E-state index contributed by atoms with van der Waals surface area (Å²) in [6, 6.07) is 6.22. The van der Waals surface area contributed by atoms with Crippen LogP contribution in [0.4, 0.5) is 4.39 Å². The molecule has 1 saturated carbocycles. The molecule has 0 radical (unpaired) electrons. The van der Waals surface area contributed by atoms with E-state index in [1.54, 1.807) is 12.1 Å². The van der Waals surface area contributed by atoms with Crippen molar-refractivity contribution in [3.63, 3.8) is 0 Å². The van der Waals surface area contributed by atoms with Crippen LogP contribution < -0.4 is 0 Å². The third kappa shape index (κ3) is 1.78. The largest absolute Gasteiger partial charge is 0.280 e. The van der Waals surface area contributed by atoms with Crippen molar-refractivity contribution in [1.29, 1.82) is 0 Å². The van der Waals surface area contributed by atoms with Crippen LogP contribution in [0, 0.1) is 5.82 Å². The molecule has 0 saturated heterocycles. The second-order valence-electron chi connectivity index (χ2n) is 4.07. The molecule has 15 heavy (non-hydrogen) atoms. The normalized spacial score (nSPS) is 19.1. The second kappa shape index (κ2) is 3.93. The van der Waals surface area contributed by atoms with E-state index in [2.05, 4.69) is 0 Å². The van der Waals surface area contributed by atoms with Crippen molar-refractivity contribution < 1.29 is 9.18 Å². The first-order valence-electron chi connectivity index (χ1n) is 5.11. The minimum absolute atomic E-state index is 0.309. The fourth-order valence-corrected chi connectivity index (χ4v) is 2.66. The topological polar surface area (TPSA) is 17.1 Å². The SMILES string of the molecule is O=C(Cl)C1(c2cccc(F)c2)CCCC1. The van der Waals surface area contributed by atoms with Gasteiger partial charge in [-0.05, 0) is 42.1 Å². The molecule has 0 spiro atoms. The first-order valence-corrected chi connectivity index (χ1v) is 5.49. The van der Waals surface area contributed by atoms with Crippen LogP contribution in [0.3, 0.4) is 0 Å². The number of benzene rings is 1. The van der Waals surface area contributed by atoms with Crippen molar-refractivity contribution in [2.45, 2.75) is 31.1 Å². The lowest BCUT2D eigenvalue weighted by Crippen LogP contribution is -2.29. The second-order valence-corrected chi connectivity index (χ2v) is 4.42. The molecule has 1 aliphatic carbocycles. The van der Waals surface area contributed by atoms with Gasteiger partial charge in [-0.15, -0.1) is 0 Å². The van der Waals surface area contributed by atoms with Gasteiger partial charge < -0.3 is 0 Å². The molecule has 1 aromatic carbocycles. The lowest BCUT2D eigenvalue weighted by Gasteiger charge is -2.24. The molecule has 80 valence electrons. The number of rotatable bonds is 2. The minimum atomic E-state index is -0.635. The molecule has 3 heteroatoms. The Morgan fingerprint density at radius 3 is 2.53 bits per heavy atom. The fraction of sp³-hybridized carbons (Fsp3) is 0.417. The molecule has 0 N–H and O–H groups in total. The van der Waals surface area contributed by atoms with E-state index in [1.807, 2.05) is 0 Å². The van der Waals surface area contributed by atoms with Crippen molar-refractivity contribution >= 4 is 16.8 Å². The quantitative estimate of drug-likeness (QED) is 0.707. The van der Waals surface area contributed by atoms with Crippen LogP contribution in [0.2, 0.25) is 0 Å². The summed E-state index contributed by atoms with van der Waals surface area (Å²) < 4.78 is 13.1. The van der Waals surface area contributed by atoms with E-state index in [9.17, 15) is 9.18 Å². The molecule has 0 atom stereocenters. The Morgan fingerprint density at radius 1 is 1.33 bits per heavy atom. The molecule has 1 fully saturated rings. The summed E-state index contributed by atoms with van der Waals surface area (Å²) in [6.45, 7) is 0. The van der Waals surface area contributed by atoms with Crippen molar-refractivity contribution in [2.24, 2.45) is 0 Å². The monoisotopic (exact) mass is 226 g/mol. The van der Waals surface area contributed by atoms with Gasteiger partial charge in [0.2, 0.25) is 5.24 Å². The molecule has 1 aliphatic rings. The first kappa shape index (κ1) is 10.6. The van der Waals surface area contributed by atoms with Gasteiger partial charge in [0.05, 0.1) is 5.41 Å². The Kier molecular flexibility index (Phi) is 2.79. The maximum absolute atomic E-state index is 13.1. The molecule has 0 aliphatic heterocycles. The maximum Gasteiger partial charge on any atom is 0.232 e. The van der Waals surface area contributed by atoms with E-state index in [0.29, 0.717) is 0 Å². The zero-order valence-electron chi connectivity index (χ0n) is 8.30. The van der Waals surface area contributed by atoms with Gasteiger partial charge in [-0.25, -0.2) is 4.39 Å². The summed E-state index contributed by atoms with van der Waals surface area (Å²) >= 11 is 5.67. The third-order valence-electron chi connectivity index (χ3n) is 3.21. The van der Waals surface area contributed by atoms with Crippen molar-refractivity contribution in [3.8, 4) is 0 Å². The van der Waals surface area contributed by atoms with E-state index in [-0.39, 0.29) is 11.1 Å². The smallest absolute Gasteiger partial charge is 0.232 e. The average molecular weight is 227 g/mol. The Hall–Kier alpha value is -0.890. The summed E-state index contributed by atoms with van der Waals surface area (Å²) in [4.78, 5) is 11.5. The molecule has 0 aromatic heterocycles. The standard InChI is InChI=1S/C12H12ClFO/c13-11(15)12(6-1-2-7-12)9-4-3-5-10(14)8-9/h3-5,8H,1-2,6-7H2. The zero-order valence-corrected chi connectivity index (χ0v) is 9.06. The van der Waals surface area contributed by atoms with Crippen LogP contribution >= 0.6 is 11.6 Å². The molecule has 2 rings (SSSR count). The Balaban J connectivity index is 2.45. The molecular weight excluding hydrogens is 215 g/mol. The highest BCUT2D eigenvalue weighted by atomic mass is 35.5. The Bertz CT molecular complexity index is 383. The zero-order chi connectivity index (χ0) is 10.9. The van der Waals surface area contributed by atoms with Crippen LogP contribution in [0.25, 0.3) is 0 Å². The predicted octanol–water partition coefficient (Wildman–Crippen LogP) is 3.40. The molecule has 0 bridgehead atoms. The van der Waals surface area contributed by atoms with Crippen molar-refractivity contribution in [2.75, 3.05) is 0 Å². The fourth-order valence-electron chi connectivity index (χ4n) is 2.36. The maximum atomic E-state index is 13.1. The Labute approximate surface area is 93.2 Å². The van der Waals surface area contributed by atoms with Crippen LogP contribution in [0.5, 0.6) is 0 Å². The summed E-state index contributed by atoms with van der Waals surface area (Å²) in [6.07, 6.45) is 3.43. The van der Waals surface area contributed by atoms with Gasteiger partial charge in [-0.1, -0.05) is 25.0 Å². The minimum Gasteiger partial charge on any atom is -0.280 e. The van der Waals surface area contributed by atoms with Gasteiger partial charge in [-0.2, -0.15) is 0 Å². The average Bonchev–Trinajstić information content (AvgIpc) is 2.67. The van der Waals surface area contributed by atoms with Crippen LogP contribution in [0.15, 0.2) is 24.3 Å². The highest BCUT2D eigenvalue weighted by molar-refractivity contribution is 6.65. The van der Waals surface area contributed by atoms with E-state index < -0.39 is 5.41 Å². The number of carbonyl (C=O) groups excluding carboxylic acids is 1. The molecular formula is C12H12ClFO. The first-order chi connectivity index (χ1) is 7.15. The predicted molar refractivity (Wildman–Crippen MR) is 57.4 cm³/mol. The number of halogens is 2. The van der Waals surface area contributed by atoms with E-state index >= 15 is 0 Å². The highest BCUT2D eigenvalue weighted by Gasteiger charge is 2.41. The number of carbonyl (C=O) groups is 1. The molecule has 0 unspecified atom stereocenters. The van der Waals surface area contributed by atoms with Crippen molar-refractivity contribution in [3.05, 3.63) is 35.6 Å². The summed E-state index contributed by atoms with van der Waals surface area (Å²) in [7, 11) is 0. The van der Waals surface area contributed by atoms with Gasteiger partial charge in [0.15, 0.2) is 0 Å². The molecule has 0 amide bonds. The van der Waals surface area contributed by atoms with Gasteiger partial charge in [-0.3, -0.25) is 4.79 Å². The number of hydrogen-bond donors (Lipinski definition) is 0. The highest BCUT2D eigenvalue weighted by Crippen LogP contribution is 2.42. The third-order valence-corrected chi connectivity index (χ3v) is 3.57. The molecule has 0 heterocycles. The van der Waals surface area contributed by atoms with E-state index in [1.165, 1.54) is 12.1 Å². The van der Waals surface area contributed by atoms with Crippen LogP contribution in [-0.2, 0) is 10.2 Å². The molecule has 1 aromatic rings. The summed E-state index contributed by atoms with van der Waals surface area (Å²) in [5, 5.41) is -0.356.